The number of fused-ring (bicyclic) bond motifs is 1. The van der Waals surface area contributed by atoms with Crippen molar-refractivity contribution in [3.05, 3.63) is 53.3 Å². The maximum absolute atomic E-state index is 12.5. The minimum absolute atomic E-state index is 0.137. The summed E-state index contributed by atoms with van der Waals surface area (Å²) in [5.74, 6) is -1.30. The maximum Gasteiger partial charge on any atom is 0.435 e. The van der Waals surface area contributed by atoms with Crippen molar-refractivity contribution in [1.29, 1.82) is 0 Å². The predicted octanol–water partition coefficient (Wildman–Crippen LogP) is 2.64. The lowest BCUT2D eigenvalue weighted by Gasteiger charge is -2.26. The lowest BCUT2D eigenvalue weighted by atomic mass is 9.88. The van der Waals surface area contributed by atoms with Crippen LogP contribution in [0.1, 0.15) is 35.7 Å². The molecule has 9 heteroatoms. The van der Waals surface area contributed by atoms with Crippen LogP contribution in [0.3, 0.4) is 0 Å². The van der Waals surface area contributed by atoms with Crippen molar-refractivity contribution in [3.8, 4) is 0 Å². The van der Waals surface area contributed by atoms with Crippen LogP contribution in [-0.4, -0.2) is 28.3 Å². The van der Waals surface area contributed by atoms with E-state index in [1.165, 1.54) is 5.56 Å². The second-order valence-electron chi connectivity index (χ2n) is 6.27. The number of amides is 1. The van der Waals surface area contributed by atoms with E-state index < -0.39 is 36.9 Å². The zero-order valence-corrected chi connectivity index (χ0v) is 14.3. The van der Waals surface area contributed by atoms with E-state index in [-0.39, 0.29) is 6.04 Å². The molecule has 0 radical (unpaired) electrons. The number of halogens is 3. The predicted molar refractivity (Wildman–Crippen MR) is 88.5 cm³/mol. The zero-order valence-electron chi connectivity index (χ0n) is 14.3. The van der Waals surface area contributed by atoms with Gasteiger partial charge in [-0.05, 0) is 36.5 Å². The molecule has 2 aromatic rings. The first kappa shape index (κ1) is 18.9. The molecule has 0 spiro atoms. The lowest BCUT2D eigenvalue weighted by Crippen LogP contribution is -2.34. The molecule has 3 rings (SSSR count). The quantitative estimate of drug-likeness (QED) is 0.809. The van der Waals surface area contributed by atoms with Gasteiger partial charge in [-0.25, -0.2) is 0 Å². The summed E-state index contributed by atoms with van der Waals surface area (Å²) < 4.78 is 43.1. The van der Waals surface area contributed by atoms with Crippen LogP contribution in [0, 0.1) is 0 Å². The fourth-order valence-electron chi connectivity index (χ4n) is 3.06. The van der Waals surface area contributed by atoms with Crippen molar-refractivity contribution >= 4 is 11.9 Å². The number of carbonyl (C=O) groups is 2. The summed E-state index contributed by atoms with van der Waals surface area (Å²) in [6.07, 6.45) is -0.845. The number of ether oxygens (including phenoxy) is 1. The van der Waals surface area contributed by atoms with E-state index >= 15 is 0 Å². The number of benzene rings is 1. The van der Waals surface area contributed by atoms with Crippen LogP contribution >= 0.6 is 0 Å². The number of esters is 1. The molecule has 0 aliphatic heterocycles. The summed E-state index contributed by atoms with van der Waals surface area (Å²) in [7, 11) is 0. The average Bonchev–Trinajstić information content (AvgIpc) is 3.09. The third-order valence-electron chi connectivity index (χ3n) is 4.29. The van der Waals surface area contributed by atoms with Crippen LogP contribution in [0.25, 0.3) is 0 Å². The molecule has 1 unspecified atom stereocenters. The highest BCUT2D eigenvalue weighted by molar-refractivity contribution is 5.80. The van der Waals surface area contributed by atoms with Crippen LogP contribution in [0.15, 0.2) is 36.5 Å². The molecular weight excluding hydrogens is 363 g/mol. The second-order valence-corrected chi connectivity index (χ2v) is 6.27. The van der Waals surface area contributed by atoms with Gasteiger partial charge in [-0.3, -0.25) is 14.3 Å². The first-order chi connectivity index (χ1) is 12.8. The summed E-state index contributed by atoms with van der Waals surface area (Å²) in [6, 6.07) is 8.46. The molecule has 0 fully saturated rings. The topological polar surface area (TPSA) is 73.2 Å². The molecule has 0 bridgehead atoms. The van der Waals surface area contributed by atoms with E-state index in [4.69, 9.17) is 4.74 Å². The van der Waals surface area contributed by atoms with Crippen LogP contribution in [0.4, 0.5) is 13.2 Å². The van der Waals surface area contributed by atoms with Gasteiger partial charge < -0.3 is 10.1 Å². The van der Waals surface area contributed by atoms with Crippen molar-refractivity contribution in [2.75, 3.05) is 6.61 Å². The highest BCUT2D eigenvalue weighted by Gasteiger charge is 2.33. The Bertz CT molecular complexity index is 832. The van der Waals surface area contributed by atoms with Gasteiger partial charge >= 0.3 is 12.1 Å². The molecular formula is C18H18F3N3O3. The van der Waals surface area contributed by atoms with Gasteiger partial charge in [-0.15, -0.1) is 0 Å². The number of hydrogen-bond donors (Lipinski definition) is 1. The first-order valence-corrected chi connectivity index (χ1v) is 8.46. The Hall–Kier alpha value is -2.84. The van der Waals surface area contributed by atoms with Gasteiger partial charge in [-0.1, -0.05) is 24.3 Å². The van der Waals surface area contributed by atoms with Crippen molar-refractivity contribution in [2.45, 2.75) is 38.0 Å². The zero-order chi connectivity index (χ0) is 19.4. The van der Waals surface area contributed by atoms with Gasteiger partial charge in [0.1, 0.15) is 6.54 Å². The van der Waals surface area contributed by atoms with Crippen LogP contribution in [-0.2, 0) is 33.5 Å². The van der Waals surface area contributed by atoms with Crippen molar-refractivity contribution < 1.29 is 27.5 Å². The molecule has 1 amide bonds. The molecule has 6 nitrogen and oxygen atoms in total. The molecule has 0 saturated carbocycles. The van der Waals surface area contributed by atoms with Crippen molar-refractivity contribution in [1.82, 2.24) is 15.1 Å². The van der Waals surface area contributed by atoms with Crippen LogP contribution < -0.4 is 5.32 Å². The summed E-state index contributed by atoms with van der Waals surface area (Å²) in [5.41, 5.74) is 1.15. The van der Waals surface area contributed by atoms with Gasteiger partial charge in [0, 0.05) is 6.20 Å². The molecule has 1 aliphatic carbocycles. The number of nitrogens with zero attached hydrogens (tertiary/aromatic N) is 2. The Morgan fingerprint density at radius 1 is 1.26 bits per heavy atom. The van der Waals surface area contributed by atoms with Crippen LogP contribution in [0.2, 0.25) is 0 Å². The van der Waals surface area contributed by atoms with E-state index in [9.17, 15) is 22.8 Å². The van der Waals surface area contributed by atoms with E-state index in [1.54, 1.807) is 0 Å². The second kappa shape index (κ2) is 7.81. The van der Waals surface area contributed by atoms with Crippen LogP contribution in [0.5, 0.6) is 0 Å². The minimum Gasteiger partial charge on any atom is -0.454 e. The van der Waals surface area contributed by atoms with E-state index in [1.807, 2.05) is 24.3 Å². The number of nitrogens with one attached hydrogen (secondary N) is 1. The number of alkyl halides is 3. The summed E-state index contributed by atoms with van der Waals surface area (Å²) in [4.78, 5) is 23.8. The fraction of sp³-hybridized carbons (Fsp3) is 0.389. The molecule has 1 heterocycles. The SMILES string of the molecule is O=C(COC(=O)Cn1ccc(C(F)(F)F)n1)NC1CCCc2ccccc21. The van der Waals surface area contributed by atoms with E-state index in [0.717, 1.165) is 41.8 Å². The fourth-order valence-corrected chi connectivity index (χ4v) is 3.06. The highest BCUT2D eigenvalue weighted by Crippen LogP contribution is 2.29. The Labute approximate surface area is 153 Å². The van der Waals surface area contributed by atoms with E-state index in [2.05, 4.69) is 10.4 Å². The molecule has 1 aromatic carbocycles. The molecule has 1 aliphatic rings. The summed E-state index contributed by atoms with van der Waals surface area (Å²) in [5, 5.41) is 6.09. The molecule has 1 atom stereocenters. The summed E-state index contributed by atoms with van der Waals surface area (Å²) >= 11 is 0. The van der Waals surface area contributed by atoms with Gasteiger partial charge in [-0.2, -0.15) is 18.3 Å². The third kappa shape index (κ3) is 4.87. The largest absolute Gasteiger partial charge is 0.454 e. The average molecular weight is 381 g/mol. The molecule has 144 valence electrons. The first-order valence-electron chi connectivity index (χ1n) is 8.46. The monoisotopic (exact) mass is 381 g/mol. The highest BCUT2D eigenvalue weighted by atomic mass is 19.4. The van der Waals surface area contributed by atoms with Crippen molar-refractivity contribution in [2.24, 2.45) is 0 Å². The van der Waals surface area contributed by atoms with Gasteiger partial charge in [0.15, 0.2) is 12.3 Å². The summed E-state index contributed by atoms with van der Waals surface area (Å²) in [6.45, 7) is -0.999. The number of carbonyl (C=O) groups excluding carboxylic acids is 2. The number of aromatic nitrogens is 2. The van der Waals surface area contributed by atoms with Gasteiger partial charge in [0.05, 0.1) is 6.04 Å². The standard InChI is InChI=1S/C18H18F3N3O3/c19-18(20,21)15-8-9-24(23-15)10-17(26)27-11-16(25)22-14-7-3-5-12-4-1-2-6-13(12)14/h1-2,4,6,8-9,14H,3,5,7,10-11H2,(H,22,25). The van der Waals surface area contributed by atoms with E-state index in [0.29, 0.717) is 0 Å². The number of rotatable bonds is 5. The Balaban J connectivity index is 1.48. The minimum atomic E-state index is -4.58. The number of aryl methyl sites for hydroxylation is 1. The third-order valence-corrected chi connectivity index (χ3v) is 4.29. The lowest BCUT2D eigenvalue weighted by molar-refractivity contribution is -0.150. The van der Waals surface area contributed by atoms with Gasteiger partial charge in [0.25, 0.3) is 5.91 Å². The Morgan fingerprint density at radius 2 is 2.04 bits per heavy atom. The number of hydrogen-bond acceptors (Lipinski definition) is 4. The normalized spacial score (nSPS) is 16.5. The van der Waals surface area contributed by atoms with Gasteiger partial charge in [0.2, 0.25) is 0 Å². The molecule has 1 aromatic heterocycles. The van der Waals surface area contributed by atoms with Crippen molar-refractivity contribution in [3.63, 3.8) is 0 Å². The Kier molecular flexibility index (Phi) is 5.48. The molecule has 0 saturated heterocycles. The Morgan fingerprint density at radius 3 is 2.78 bits per heavy atom. The smallest absolute Gasteiger partial charge is 0.435 e. The molecule has 27 heavy (non-hydrogen) atoms. The maximum atomic E-state index is 12.5. The molecule has 1 N–H and O–H groups in total.